The lowest BCUT2D eigenvalue weighted by atomic mass is 10.1. The molecule has 0 saturated heterocycles. The van der Waals surface area contributed by atoms with E-state index >= 15 is 0 Å². The average molecular weight is 491 g/mol. The van der Waals surface area contributed by atoms with Crippen LogP contribution in [0.5, 0.6) is 17.2 Å². The minimum Gasteiger partial charge on any atom is -0.493 e. The molecule has 2 amide bonds. The highest BCUT2D eigenvalue weighted by Crippen LogP contribution is 2.31. The second-order valence-electron chi connectivity index (χ2n) is 8.19. The predicted octanol–water partition coefficient (Wildman–Crippen LogP) is 5.40. The molecule has 8 nitrogen and oxygen atoms in total. The van der Waals surface area contributed by atoms with E-state index in [0.29, 0.717) is 35.0 Å². The van der Waals surface area contributed by atoms with Crippen molar-refractivity contribution in [3.63, 3.8) is 0 Å². The van der Waals surface area contributed by atoms with Crippen molar-refractivity contribution in [3.05, 3.63) is 77.9 Å². The summed E-state index contributed by atoms with van der Waals surface area (Å²) in [6.45, 7) is 3.56. The average Bonchev–Trinajstić information content (AvgIpc) is 2.86. The Morgan fingerprint density at radius 1 is 0.750 bits per heavy atom. The van der Waals surface area contributed by atoms with Crippen LogP contribution in [0.4, 0.5) is 11.4 Å². The molecule has 3 rings (SSSR count). The number of rotatable bonds is 11. The Bertz CT molecular complexity index is 1210. The lowest BCUT2D eigenvalue weighted by Gasteiger charge is -2.11. The molecule has 2 N–H and O–H groups in total. The second kappa shape index (κ2) is 12.9. The van der Waals surface area contributed by atoms with Gasteiger partial charge in [0.1, 0.15) is 5.75 Å². The van der Waals surface area contributed by atoms with E-state index in [1.165, 1.54) is 0 Å². The number of ether oxygens (including phenoxy) is 3. The zero-order valence-corrected chi connectivity index (χ0v) is 20.6. The summed E-state index contributed by atoms with van der Waals surface area (Å²) in [4.78, 5) is 36.1. The van der Waals surface area contributed by atoms with Gasteiger partial charge in [-0.25, -0.2) is 0 Å². The first kappa shape index (κ1) is 26.3. The molecule has 0 aliphatic rings. The van der Waals surface area contributed by atoms with Crippen molar-refractivity contribution in [2.75, 3.05) is 24.4 Å². The largest absolute Gasteiger partial charge is 0.493 e. The first-order chi connectivity index (χ1) is 17.3. The van der Waals surface area contributed by atoms with Crippen LogP contribution >= 0.6 is 0 Å². The molecule has 3 aromatic carbocycles. The first-order valence-corrected chi connectivity index (χ1v) is 11.6. The van der Waals surface area contributed by atoms with E-state index in [9.17, 15) is 14.4 Å². The fourth-order valence-corrected chi connectivity index (χ4v) is 3.29. The highest BCUT2D eigenvalue weighted by Gasteiger charge is 2.11. The minimum atomic E-state index is -0.532. The van der Waals surface area contributed by atoms with Gasteiger partial charge in [-0.05, 0) is 79.9 Å². The van der Waals surface area contributed by atoms with Gasteiger partial charge in [0, 0.05) is 24.2 Å². The quantitative estimate of drug-likeness (QED) is 0.349. The van der Waals surface area contributed by atoms with Crippen molar-refractivity contribution in [2.24, 2.45) is 0 Å². The fraction of sp³-hybridized carbons (Fsp3) is 0.250. The lowest BCUT2D eigenvalue weighted by Crippen LogP contribution is -2.21. The zero-order chi connectivity index (χ0) is 25.9. The van der Waals surface area contributed by atoms with E-state index in [2.05, 4.69) is 10.6 Å². The van der Waals surface area contributed by atoms with E-state index in [1.54, 1.807) is 49.6 Å². The van der Waals surface area contributed by atoms with Gasteiger partial charge < -0.3 is 24.8 Å². The Morgan fingerprint density at radius 3 is 2.11 bits per heavy atom. The van der Waals surface area contributed by atoms with Crippen LogP contribution in [0.15, 0.2) is 66.7 Å². The van der Waals surface area contributed by atoms with E-state index in [1.807, 2.05) is 38.1 Å². The zero-order valence-electron chi connectivity index (χ0n) is 20.6. The maximum Gasteiger partial charge on any atom is 0.306 e. The molecule has 0 radical (unpaired) electrons. The summed E-state index contributed by atoms with van der Waals surface area (Å²) in [7, 11) is 1.57. The van der Waals surface area contributed by atoms with E-state index in [0.717, 1.165) is 11.1 Å². The Hall–Kier alpha value is -4.33. The number of hydrogen-bond donors (Lipinski definition) is 2. The number of aryl methyl sites for hydroxylation is 2. The third-order valence-electron chi connectivity index (χ3n) is 5.37. The number of para-hydroxylation sites is 2. The number of hydrogen-bond acceptors (Lipinski definition) is 6. The Kier molecular flexibility index (Phi) is 9.45. The first-order valence-electron chi connectivity index (χ1n) is 11.6. The number of carbonyl (C=O) groups excluding carboxylic acids is 3. The van der Waals surface area contributed by atoms with Crippen LogP contribution in [0, 0.1) is 13.8 Å². The maximum atomic E-state index is 12.2. The van der Waals surface area contributed by atoms with E-state index < -0.39 is 11.9 Å². The maximum absolute atomic E-state index is 12.2. The SMILES string of the molecule is COc1ccccc1Oc1ccc(NC(=O)CCCC(=O)OCC(=O)Nc2ccc(C)c(C)c2)cc1. The second-order valence-corrected chi connectivity index (χ2v) is 8.19. The molecule has 0 aromatic heterocycles. The van der Waals surface area contributed by atoms with Crippen LogP contribution in [0.3, 0.4) is 0 Å². The normalized spacial score (nSPS) is 10.3. The molecule has 36 heavy (non-hydrogen) atoms. The molecule has 0 fully saturated rings. The van der Waals surface area contributed by atoms with Gasteiger partial charge in [-0.15, -0.1) is 0 Å². The molecular weight excluding hydrogens is 460 g/mol. The van der Waals surface area contributed by atoms with Crippen molar-refractivity contribution in [1.29, 1.82) is 0 Å². The topological polar surface area (TPSA) is 103 Å². The van der Waals surface area contributed by atoms with Crippen molar-refractivity contribution in [1.82, 2.24) is 0 Å². The van der Waals surface area contributed by atoms with Gasteiger partial charge in [-0.2, -0.15) is 0 Å². The number of benzene rings is 3. The van der Waals surface area contributed by atoms with Gasteiger partial charge in [0.05, 0.1) is 7.11 Å². The molecule has 0 bridgehead atoms. The van der Waals surface area contributed by atoms with Gasteiger partial charge in [-0.1, -0.05) is 18.2 Å². The smallest absolute Gasteiger partial charge is 0.306 e. The van der Waals surface area contributed by atoms with E-state index in [4.69, 9.17) is 14.2 Å². The molecule has 0 atom stereocenters. The van der Waals surface area contributed by atoms with E-state index in [-0.39, 0.29) is 25.4 Å². The molecule has 0 saturated carbocycles. The van der Waals surface area contributed by atoms with Gasteiger partial charge in [-0.3, -0.25) is 14.4 Å². The third kappa shape index (κ3) is 8.16. The molecule has 0 unspecified atom stereocenters. The standard InChI is InChI=1S/C28H30N2O6/c1-19-11-12-22(17-20(19)2)30-27(32)18-35-28(33)10-6-9-26(31)29-21-13-15-23(16-14-21)36-25-8-5-4-7-24(25)34-3/h4-5,7-8,11-17H,6,9-10,18H2,1-3H3,(H,29,31)(H,30,32). The highest BCUT2D eigenvalue weighted by molar-refractivity contribution is 5.93. The van der Waals surface area contributed by atoms with Crippen LogP contribution in [0.25, 0.3) is 0 Å². The molecule has 8 heteroatoms. The van der Waals surface area contributed by atoms with Crippen molar-refractivity contribution in [3.8, 4) is 17.2 Å². The number of amides is 2. The summed E-state index contributed by atoms with van der Waals surface area (Å²) < 4.78 is 16.1. The van der Waals surface area contributed by atoms with Crippen LogP contribution in [0.2, 0.25) is 0 Å². The number of esters is 1. The predicted molar refractivity (Wildman–Crippen MR) is 137 cm³/mol. The minimum absolute atomic E-state index is 0.0377. The molecule has 3 aromatic rings. The van der Waals surface area contributed by atoms with Crippen LogP contribution in [-0.4, -0.2) is 31.5 Å². The number of nitrogens with one attached hydrogen (secondary N) is 2. The van der Waals surface area contributed by atoms with Crippen LogP contribution < -0.4 is 20.1 Å². The Balaban J connectivity index is 1.34. The van der Waals surface area contributed by atoms with Crippen molar-refractivity contribution >= 4 is 29.2 Å². The summed E-state index contributed by atoms with van der Waals surface area (Å²) in [5.74, 6) is 0.635. The van der Waals surface area contributed by atoms with Crippen LogP contribution in [0.1, 0.15) is 30.4 Å². The summed E-state index contributed by atoms with van der Waals surface area (Å²) in [5, 5.41) is 5.47. The third-order valence-corrected chi connectivity index (χ3v) is 5.37. The fourth-order valence-electron chi connectivity index (χ4n) is 3.29. The molecule has 0 heterocycles. The monoisotopic (exact) mass is 490 g/mol. The number of methoxy groups -OCH3 is 1. The molecule has 0 aliphatic carbocycles. The molecular formula is C28H30N2O6. The van der Waals surface area contributed by atoms with Gasteiger partial charge in [0.15, 0.2) is 18.1 Å². The van der Waals surface area contributed by atoms with Gasteiger partial charge in [0.25, 0.3) is 5.91 Å². The summed E-state index contributed by atoms with van der Waals surface area (Å²) >= 11 is 0. The Morgan fingerprint density at radius 2 is 1.42 bits per heavy atom. The molecule has 188 valence electrons. The number of anilines is 2. The van der Waals surface area contributed by atoms with Gasteiger partial charge in [0.2, 0.25) is 5.91 Å². The summed E-state index contributed by atoms with van der Waals surface area (Å²) in [6.07, 6.45) is 0.484. The van der Waals surface area contributed by atoms with Crippen molar-refractivity contribution in [2.45, 2.75) is 33.1 Å². The summed E-state index contributed by atoms with van der Waals surface area (Å²) in [5.41, 5.74) is 3.44. The van der Waals surface area contributed by atoms with Gasteiger partial charge >= 0.3 is 5.97 Å². The number of carbonyl (C=O) groups is 3. The molecule has 0 aliphatic heterocycles. The molecule has 0 spiro atoms. The summed E-state index contributed by atoms with van der Waals surface area (Å²) in [6, 6.07) is 19.8. The Labute approximate surface area is 210 Å². The van der Waals surface area contributed by atoms with Crippen LogP contribution in [-0.2, 0) is 19.1 Å². The van der Waals surface area contributed by atoms with Crippen molar-refractivity contribution < 1.29 is 28.6 Å². The lowest BCUT2D eigenvalue weighted by molar-refractivity contribution is -0.147. The highest BCUT2D eigenvalue weighted by atomic mass is 16.5.